The standard InChI is InChI=1S/C16H23N3O3/c1-3-4-5-14(18-10-8-17-9-11-18)13-6-7-16(22-2)15(12-13)19(20)21/h3,6-7,12,14,17H,1,4-5,8-11H2,2H3/t14-/m0/s1. The first kappa shape index (κ1) is 16.5. The summed E-state index contributed by atoms with van der Waals surface area (Å²) in [6.45, 7) is 7.57. The zero-order chi connectivity index (χ0) is 15.9. The number of rotatable bonds is 7. The van der Waals surface area contributed by atoms with E-state index in [1.54, 1.807) is 12.1 Å². The molecule has 120 valence electrons. The van der Waals surface area contributed by atoms with Gasteiger partial charge in [-0.25, -0.2) is 0 Å². The second-order valence-corrected chi connectivity index (χ2v) is 5.36. The Hall–Kier alpha value is -1.92. The van der Waals surface area contributed by atoms with Crippen LogP contribution in [-0.4, -0.2) is 43.1 Å². The molecule has 1 fully saturated rings. The smallest absolute Gasteiger partial charge is 0.311 e. The molecule has 0 unspecified atom stereocenters. The number of nitro groups is 1. The van der Waals surface area contributed by atoms with E-state index in [0.29, 0.717) is 5.75 Å². The molecule has 1 aliphatic heterocycles. The Labute approximate surface area is 130 Å². The predicted octanol–water partition coefficient (Wildman–Crippen LogP) is 2.52. The van der Waals surface area contributed by atoms with E-state index in [9.17, 15) is 10.1 Å². The van der Waals surface area contributed by atoms with Crippen molar-refractivity contribution in [3.8, 4) is 5.75 Å². The highest BCUT2D eigenvalue weighted by Crippen LogP contribution is 2.33. The number of nitrogens with zero attached hydrogens (tertiary/aromatic N) is 2. The molecule has 6 heteroatoms. The molecule has 0 bridgehead atoms. The van der Waals surface area contributed by atoms with Crippen molar-refractivity contribution in [2.24, 2.45) is 0 Å². The lowest BCUT2D eigenvalue weighted by atomic mass is 9.98. The summed E-state index contributed by atoms with van der Waals surface area (Å²) in [4.78, 5) is 13.2. The summed E-state index contributed by atoms with van der Waals surface area (Å²) in [6.07, 6.45) is 3.69. The van der Waals surface area contributed by atoms with E-state index in [4.69, 9.17) is 4.74 Å². The SMILES string of the molecule is C=CCC[C@@H](c1ccc(OC)c([N+](=O)[O-])c1)N1CCNCC1. The van der Waals surface area contributed by atoms with Crippen molar-refractivity contribution in [1.82, 2.24) is 10.2 Å². The number of benzene rings is 1. The van der Waals surface area contributed by atoms with Crippen LogP contribution in [0, 0.1) is 10.1 Å². The lowest BCUT2D eigenvalue weighted by Gasteiger charge is -2.35. The fraction of sp³-hybridized carbons (Fsp3) is 0.500. The van der Waals surface area contributed by atoms with Gasteiger partial charge in [0.2, 0.25) is 0 Å². The molecule has 0 aliphatic carbocycles. The molecule has 0 spiro atoms. The second kappa shape index (κ2) is 7.91. The Balaban J connectivity index is 2.31. The molecule has 22 heavy (non-hydrogen) atoms. The topological polar surface area (TPSA) is 67.6 Å². The molecule has 1 atom stereocenters. The minimum absolute atomic E-state index is 0.0266. The number of hydrogen-bond donors (Lipinski definition) is 1. The number of nitrogens with one attached hydrogen (secondary N) is 1. The molecule has 0 aromatic heterocycles. The van der Waals surface area contributed by atoms with Crippen LogP contribution in [0.1, 0.15) is 24.4 Å². The Morgan fingerprint density at radius 1 is 1.50 bits per heavy atom. The van der Waals surface area contributed by atoms with Gasteiger partial charge in [-0.3, -0.25) is 15.0 Å². The van der Waals surface area contributed by atoms with E-state index < -0.39 is 0 Å². The van der Waals surface area contributed by atoms with Crippen LogP contribution in [-0.2, 0) is 0 Å². The van der Waals surface area contributed by atoms with Gasteiger partial charge in [-0.2, -0.15) is 0 Å². The van der Waals surface area contributed by atoms with E-state index in [2.05, 4.69) is 16.8 Å². The van der Waals surface area contributed by atoms with Gasteiger partial charge in [-0.15, -0.1) is 6.58 Å². The maximum atomic E-state index is 11.2. The minimum atomic E-state index is -0.384. The van der Waals surface area contributed by atoms with Crippen LogP contribution in [0.5, 0.6) is 5.75 Å². The first-order chi connectivity index (χ1) is 10.7. The Kier molecular flexibility index (Phi) is 5.91. The second-order valence-electron chi connectivity index (χ2n) is 5.36. The van der Waals surface area contributed by atoms with Gasteiger partial charge in [0.05, 0.1) is 12.0 Å². The average Bonchev–Trinajstić information content (AvgIpc) is 2.56. The molecular formula is C16H23N3O3. The Morgan fingerprint density at radius 3 is 2.82 bits per heavy atom. The normalized spacial score (nSPS) is 17.0. The lowest BCUT2D eigenvalue weighted by Crippen LogP contribution is -2.45. The number of allylic oxidation sites excluding steroid dienone is 1. The highest BCUT2D eigenvalue weighted by Gasteiger charge is 2.24. The molecule has 1 aliphatic rings. The van der Waals surface area contributed by atoms with Crippen LogP contribution >= 0.6 is 0 Å². The highest BCUT2D eigenvalue weighted by molar-refractivity contribution is 5.49. The molecule has 0 saturated carbocycles. The van der Waals surface area contributed by atoms with Crippen molar-refractivity contribution >= 4 is 5.69 Å². The van der Waals surface area contributed by atoms with Gasteiger partial charge in [0, 0.05) is 38.3 Å². The van der Waals surface area contributed by atoms with Crippen molar-refractivity contribution < 1.29 is 9.66 Å². The maximum Gasteiger partial charge on any atom is 0.311 e. The molecular weight excluding hydrogens is 282 g/mol. The molecule has 6 nitrogen and oxygen atoms in total. The van der Waals surface area contributed by atoms with Crippen LogP contribution in [0.25, 0.3) is 0 Å². The maximum absolute atomic E-state index is 11.2. The lowest BCUT2D eigenvalue weighted by molar-refractivity contribution is -0.385. The fourth-order valence-electron chi connectivity index (χ4n) is 2.89. The van der Waals surface area contributed by atoms with E-state index in [0.717, 1.165) is 44.6 Å². The molecule has 0 amide bonds. The quantitative estimate of drug-likeness (QED) is 0.476. The zero-order valence-electron chi connectivity index (χ0n) is 13.0. The number of piperazine rings is 1. The molecule has 1 heterocycles. The summed E-state index contributed by atoms with van der Waals surface area (Å²) >= 11 is 0. The van der Waals surface area contributed by atoms with Crippen molar-refractivity contribution in [1.29, 1.82) is 0 Å². The zero-order valence-corrected chi connectivity index (χ0v) is 13.0. The summed E-state index contributed by atoms with van der Waals surface area (Å²) in [5, 5.41) is 14.6. The number of hydrogen-bond acceptors (Lipinski definition) is 5. The van der Waals surface area contributed by atoms with Crippen LogP contribution in [0.15, 0.2) is 30.9 Å². The Bertz CT molecular complexity index is 527. The number of nitro benzene ring substituents is 1. The van der Waals surface area contributed by atoms with E-state index in [-0.39, 0.29) is 16.7 Å². The third-order valence-electron chi connectivity index (χ3n) is 4.02. The average molecular weight is 305 g/mol. The van der Waals surface area contributed by atoms with Crippen molar-refractivity contribution in [2.45, 2.75) is 18.9 Å². The van der Waals surface area contributed by atoms with Crippen LogP contribution < -0.4 is 10.1 Å². The first-order valence-electron chi connectivity index (χ1n) is 7.55. The van der Waals surface area contributed by atoms with Crippen molar-refractivity contribution in [2.75, 3.05) is 33.3 Å². The van der Waals surface area contributed by atoms with Gasteiger partial charge in [0.25, 0.3) is 0 Å². The van der Waals surface area contributed by atoms with Crippen LogP contribution in [0.4, 0.5) is 5.69 Å². The van der Waals surface area contributed by atoms with Gasteiger partial charge in [-0.05, 0) is 24.5 Å². The fourth-order valence-corrected chi connectivity index (χ4v) is 2.89. The van der Waals surface area contributed by atoms with E-state index in [1.807, 2.05) is 12.1 Å². The van der Waals surface area contributed by atoms with Gasteiger partial charge in [-0.1, -0.05) is 12.1 Å². The summed E-state index contributed by atoms with van der Waals surface area (Å²) in [5.74, 6) is 0.302. The summed E-state index contributed by atoms with van der Waals surface area (Å²) in [7, 11) is 1.45. The number of methoxy groups -OCH3 is 1. The highest BCUT2D eigenvalue weighted by atomic mass is 16.6. The van der Waals surface area contributed by atoms with Gasteiger partial charge < -0.3 is 10.1 Å². The molecule has 1 aromatic rings. The van der Waals surface area contributed by atoms with E-state index >= 15 is 0 Å². The molecule has 1 N–H and O–H groups in total. The van der Waals surface area contributed by atoms with Crippen LogP contribution in [0.3, 0.4) is 0 Å². The van der Waals surface area contributed by atoms with Gasteiger partial charge >= 0.3 is 5.69 Å². The molecule has 2 rings (SSSR count). The van der Waals surface area contributed by atoms with Gasteiger partial charge in [0.1, 0.15) is 0 Å². The monoisotopic (exact) mass is 305 g/mol. The summed E-state index contributed by atoms with van der Waals surface area (Å²) in [6, 6.07) is 5.44. The van der Waals surface area contributed by atoms with Crippen LogP contribution in [0.2, 0.25) is 0 Å². The van der Waals surface area contributed by atoms with E-state index in [1.165, 1.54) is 7.11 Å². The first-order valence-corrected chi connectivity index (χ1v) is 7.55. The summed E-state index contributed by atoms with van der Waals surface area (Å²) in [5.41, 5.74) is 0.995. The third-order valence-corrected chi connectivity index (χ3v) is 4.02. The minimum Gasteiger partial charge on any atom is -0.490 e. The molecule has 1 saturated heterocycles. The van der Waals surface area contributed by atoms with Crippen molar-refractivity contribution in [3.63, 3.8) is 0 Å². The predicted molar refractivity (Wildman–Crippen MR) is 86.3 cm³/mol. The van der Waals surface area contributed by atoms with Gasteiger partial charge in [0.15, 0.2) is 5.75 Å². The molecule has 1 aromatic carbocycles. The Morgan fingerprint density at radius 2 is 2.23 bits per heavy atom. The van der Waals surface area contributed by atoms with Crippen molar-refractivity contribution in [3.05, 3.63) is 46.5 Å². The molecule has 0 radical (unpaired) electrons. The summed E-state index contributed by atoms with van der Waals surface area (Å²) < 4.78 is 5.09. The largest absolute Gasteiger partial charge is 0.490 e. The third kappa shape index (κ3) is 3.84. The number of ether oxygens (including phenoxy) is 1.